The molecular weight excluding hydrogens is 280 g/mol. The number of nitrogens with one attached hydrogen (secondary N) is 2. The lowest BCUT2D eigenvalue weighted by Gasteiger charge is -2.07. The molecule has 22 heavy (non-hydrogen) atoms. The number of carbonyl (C=O) groups excluding carboxylic acids is 1. The molecule has 0 aliphatic carbocycles. The minimum absolute atomic E-state index is 0.274. The summed E-state index contributed by atoms with van der Waals surface area (Å²) < 4.78 is 5.35. The summed E-state index contributed by atoms with van der Waals surface area (Å²) in [6.07, 6.45) is 4.02. The second-order valence-electron chi connectivity index (χ2n) is 4.63. The van der Waals surface area contributed by atoms with Gasteiger partial charge in [0.2, 0.25) is 0 Å². The lowest BCUT2D eigenvalue weighted by atomic mass is 10.3. The predicted molar refractivity (Wildman–Crippen MR) is 86.4 cm³/mol. The Morgan fingerprint density at radius 3 is 2.50 bits per heavy atom. The van der Waals surface area contributed by atoms with Gasteiger partial charge in [-0.3, -0.25) is 4.79 Å². The molecule has 0 radical (unpaired) electrons. The molecule has 2 rings (SSSR count). The van der Waals surface area contributed by atoms with E-state index >= 15 is 0 Å². The molecule has 1 heterocycles. The average molecular weight is 300 g/mol. The SMILES string of the molecule is CCCNc1cnc(C(=O)Nc2ccc(OCC)cc2)cn1. The van der Waals surface area contributed by atoms with E-state index in [1.165, 1.54) is 6.20 Å². The number of aromatic nitrogens is 2. The topological polar surface area (TPSA) is 76.1 Å². The Labute approximate surface area is 129 Å². The number of benzene rings is 1. The number of carbonyl (C=O) groups is 1. The van der Waals surface area contributed by atoms with Crippen LogP contribution in [0.3, 0.4) is 0 Å². The highest BCUT2D eigenvalue weighted by atomic mass is 16.5. The average Bonchev–Trinajstić information content (AvgIpc) is 2.55. The summed E-state index contributed by atoms with van der Waals surface area (Å²) in [5.41, 5.74) is 0.958. The Morgan fingerprint density at radius 1 is 1.14 bits per heavy atom. The number of rotatable bonds is 7. The second kappa shape index (κ2) is 7.97. The zero-order valence-electron chi connectivity index (χ0n) is 12.8. The van der Waals surface area contributed by atoms with Crippen LogP contribution in [0.1, 0.15) is 30.8 Å². The second-order valence-corrected chi connectivity index (χ2v) is 4.63. The van der Waals surface area contributed by atoms with Crippen LogP contribution >= 0.6 is 0 Å². The van der Waals surface area contributed by atoms with Crippen molar-refractivity contribution in [2.24, 2.45) is 0 Å². The van der Waals surface area contributed by atoms with E-state index in [2.05, 4.69) is 27.5 Å². The summed E-state index contributed by atoms with van der Waals surface area (Å²) in [6, 6.07) is 7.19. The highest BCUT2D eigenvalue weighted by Crippen LogP contribution is 2.16. The molecule has 0 unspecified atom stereocenters. The zero-order chi connectivity index (χ0) is 15.8. The number of hydrogen-bond donors (Lipinski definition) is 2. The normalized spacial score (nSPS) is 10.1. The van der Waals surface area contributed by atoms with E-state index in [1.807, 2.05) is 19.1 Å². The van der Waals surface area contributed by atoms with Crippen molar-refractivity contribution in [3.63, 3.8) is 0 Å². The van der Waals surface area contributed by atoms with E-state index in [4.69, 9.17) is 4.74 Å². The molecule has 0 aliphatic rings. The predicted octanol–water partition coefficient (Wildman–Crippen LogP) is 2.95. The highest BCUT2D eigenvalue weighted by Gasteiger charge is 2.08. The molecule has 0 atom stereocenters. The third-order valence-electron chi connectivity index (χ3n) is 2.86. The zero-order valence-corrected chi connectivity index (χ0v) is 12.8. The van der Waals surface area contributed by atoms with E-state index in [-0.39, 0.29) is 11.6 Å². The summed E-state index contributed by atoms with van der Waals surface area (Å²) >= 11 is 0. The van der Waals surface area contributed by atoms with E-state index in [0.29, 0.717) is 18.1 Å². The molecule has 1 amide bonds. The molecule has 0 spiro atoms. The van der Waals surface area contributed by atoms with Crippen LogP contribution in [0.4, 0.5) is 11.5 Å². The van der Waals surface area contributed by atoms with Crippen LogP contribution in [0.25, 0.3) is 0 Å². The number of nitrogens with zero attached hydrogens (tertiary/aromatic N) is 2. The summed E-state index contributed by atoms with van der Waals surface area (Å²) in [4.78, 5) is 20.4. The van der Waals surface area contributed by atoms with Crippen LogP contribution in [-0.2, 0) is 0 Å². The molecule has 1 aromatic heterocycles. The van der Waals surface area contributed by atoms with E-state index in [0.717, 1.165) is 18.7 Å². The van der Waals surface area contributed by atoms with E-state index < -0.39 is 0 Å². The van der Waals surface area contributed by atoms with Crippen LogP contribution in [0.5, 0.6) is 5.75 Å². The Bertz CT molecular complexity index is 597. The van der Waals surface area contributed by atoms with Crippen molar-refractivity contribution in [1.82, 2.24) is 9.97 Å². The Kier molecular flexibility index (Phi) is 5.71. The van der Waals surface area contributed by atoms with Crippen molar-refractivity contribution in [2.75, 3.05) is 23.8 Å². The lowest BCUT2D eigenvalue weighted by molar-refractivity contribution is 0.102. The monoisotopic (exact) mass is 300 g/mol. The van der Waals surface area contributed by atoms with Gasteiger partial charge in [-0.25, -0.2) is 9.97 Å². The van der Waals surface area contributed by atoms with Gasteiger partial charge >= 0.3 is 0 Å². The van der Waals surface area contributed by atoms with Gasteiger partial charge in [-0.2, -0.15) is 0 Å². The van der Waals surface area contributed by atoms with Gasteiger partial charge in [-0.1, -0.05) is 6.92 Å². The van der Waals surface area contributed by atoms with Crippen LogP contribution in [0.15, 0.2) is 36.7 Å². The quantitative estimate of drug-likeness (QED) is 0.822. The molecule has 2 N–H and O–H groups in total. The number of amides is 1. The maximum Gasteiger partial charge on any atom is 0.275 e. The molecule has 2 aromatic rings. The first kappa shape index (κ1) is 15.8. The number of hydrogen-bond acceptors (Lipinski definition) is 5. The van der Waals surface area contributed by atoms with Gasteiger partial charge in [0.15, 0.2) is 0 Å². The van der Waals surface area contributed by atoms with Gasteiger partial charge in [0, 0.05) is 12.2 Å². The third-order valence-corrected chi connectivity index (χ3v) is 2.86. The fourth-order valence-electron chi connectivity index (χ4n) is 1.79. The van der Waals surface area contributed by atoms with Crippen molar-refractivity contribution in [3.05, 3.63) is 42.4 Å². The van der Waals surface area contributed by atoms with Gasteiger partial charge in [-0.15, -0.1) is 0 Å². The Hall–Kier alpha value is -2.63. The van der Waals surface area contributed by atoms with Gasteiger partial charge in [0.1, 0.15) is 17.3 Å². The fourth-order valence-corrected chi connectivity index (χ4v) is 1.79. The molecular formula is C16H20N4O2. The molecule has 6 heteroatoms. The minimum atomic E-state index is -0.293. The fraction of sp³-hybridized carbons (Fsp3) is 0.312. The molecule has 6 nitrogen and oxygen atoms in total. The molecule has 0 saturated heterocycles. The van der Waals surface area contributed by atoms with E-state index in [9.17, 15) is 4.79 Å². The highest BCUT2D eigenvalue weighted by molar-refractivity contribution is 6.02. The van der Waals surface area contributed by atoms with Crippen molar-refractivity contribution in [3.8, 4) is 5.75 Å². The molecule has 0 fully saturated rings. The standard InChI is InChI=1S/C16H20N4O2/c1-3-9-17-15-11-18-14(10-19-15)16(21)20-12-5-7-13(8-6-12)22-4-2/h5-8,10-11H,3-4,9H2,1-2H3,(H,17,19)(H,20,21). The van der Waals surface area contributed by atoms with Crippen molar-refractivity contribution in [1.29, 1.82) is 0 Å². The minimum Gasteiger partial charge on any atom is -0.494 e. The van der Waals surface area contributed by atoms with Crippen molar-refractivity contribution in [2.45, 2.75) is 20.3 Å². The smallest absolute Gasteiger partial charge is 0.275 e. The maximum atomic E-state index is 12.1. The summed E-state index contributed by atoms with van der Waals surface area (Å²) in [5, 5.41) is 5.88. The van der Waals surface area contributed by atoms with Crippen molar-refractivity contribution < 1.29 is 9.53 Å². The molecule has 116 valence electrons. The lowest BCUT2D eigenvalue weighted by Crippen LogP contribution is -2.14. The summed E-state index contributed by atoms with van der Waals surface area (Å²) in [5.74, 6) is 1.14. The summed E-state index contributed by atoms with van der Waals surface area (Å²) in [7, 11) is 0. The van der Waals surface area contributed by atoms with Crippen molar-refractivity contribution >= 4 is 17.4 Å². The molecule has 0 saturated carbocycles. The maximum absolute atomic E-state index is 12.1. The molecule has 0 aliphatic heterocycles. The number of ether oxygens (including phenoxy) is 1. The Balaban J connectivity index is 1.96. The first-order valence-electron chi connectivity index (χ1n) is 7.33. The van der Waals surface area contributed by atoms with Gasteiger partial charge in [0.25, 0.3) is 5.91 Å². The van der Waals surface area contributed by atoms with Crippen LogP contribution in [0.2, 0.25) is 0 Å². The van der Waals surface area contributed by atoms with Crippen LogP contribution in [-0.4, -0.2) is 29.0 Å². The summed E-state index contributed by atoms with van der Waals surface area (Å²) in [6.45, 7) is 5.43. The first-order valence-corrected chi connectivity index (χ1v) is 7.33. The van der Waals surface area contributed by atoms with E-state index in [1.54, 1.807) is 18.3 Å². The Morgan fingerprint density at radius 2 is 1.91 bits per heavy atom. The van der Waals surface area contributed by atoms with Gasteiger partial charge in [0.05, 0.1) is 19.0 Å². The number of anilines is 2. The van der Waals surface area contributed by atoms with Gasteiger partial charge in [-0.05, 0) is 37.6 Å². The van der Waals surface area contributed by atoms with Crippen LogP contribution < -0.4 is 15.4 Å². The molecule has 1 aromatic carbocycles. The first-order chi connectivity index (χ1) is 10.7. The largest absolute Gasteiger partial charge is 0.494 e. The van der Waals surface area contributed by atoms with Gasteiger partial charge < -0.3 is 15.4 Å². The van der Waals surface area contributed by atoms with Crippen LogP contribution in [0, 0.1) is 0 Å². The third kappa shape index (κ3) is 4.44. The molecule has 0 bridgehead atoms.